The summed E-state index contributed by atoms with van der Waals surface area (Å²) in [5, 5.41) is 22.5. The van der Waals surface area contributed by atoms with Crippen LogP contribution in [0.15, 0.2) is 36.4 Å². The third-order valence-electron chi connectivity index (χ3n) is 5.90. The second-order valence-electron chi connectivity index (χ2n) is 10.4. The average Bonchev–Trinajstić information content (AvgIpc) is 2.89. The number of carbonyl (C=O) groups is 4. The summed E-state index contributed by atoms with van der Waals surface area (Å²) in [6, 6.07) is 9.59. The van der Waals surface area contributed by atoms with Gasteiger partial charge in [-0.05, 0) is 60.8 Å². The van der Waals surface area contributed by atoms with E-state index in [4.69, 9.17) is 9.47 Å². The number of aromatic carboxylic acids is 2. The predicted molar refractivity (Wildman–Crippen MR) is 149 cm³/mol. The topological polar surface area (TPSA) is 133 Å². The van der Waals surface area contributed by atoms with Gasteiger partial charge in [0.15, 0.2) is 0 Å². The van der Waals surface area contributed by atoms with Crippen LogP contribution in [0.1, 0.15) is 120 Å². The zero-order valence-electron chi connectivity index (χ0n) is 24.5. The first kappa shape index (κ1) is 34.3. The molecule has 0 heterocycles. The first-order chi connectivity index (χ1) is 18.9. The van der Waals surface area contributed by atoms with E-state index in [-0.39, 0.29) is 28.2 Å². The Kier molecular flexibility index (Phi) is 15.3. The maximum atomic E-state index is 11.9. The minimum Gasteiger partial charge on any atom is -0.545 e. The molecule has 0 atom stereocenters. The predicted octanol–water partition coefficient (Wildman–Crippen LogP) is 4.41. The first-order valence-electron chi connectivity index (χ1n) is 13.9. The number of carbonyl (C=O) groups excluding carboxylic acids is 4. The average molecular weight is 555 g/mol. The van der Waals surface area contributed by atoms with Crippen molar-refractivity contribution in [2.75, 3.05) is 13.2 Å². The summed E-state index contributed by atoms with van der Waals surface area (Å²) >= 11 is 0. The highest BCUT2D eigenvalue weighted by molar-refractivity contribution is 6.03. The van der Waals surface area contributed by atoms with E-state index in [1.807, 2.05) is 41.5 Å². The fraction of sp³-hybridized carbons (Fsp3) is 0.500. The monoisotopic (exact) mass is 554 g/mol. The van der Waals surface area contributed by atoms with Crippen molar-refractivity contribution in [1.29, 1.82) is 0 Å². The summed E-state index contributed by atoms with van der Waals surface area (Å²) in [7, 11) is 0. The van der Waals surface area contributed by atoms with Crippen LogP contribution in [-0.4, -0.2) is 37.1 Å². The molecule has 0 amide bonds. The Hall–Kier alpha value is -3.68. The van der Waals surface area contributed by atoms with Gasteiger partial charge in [0.25, 0.3) is 0 Å². The van der Waals surface area contributed by atoms with Gasteiger partial charge in [-0.3, -0.25) is 0 Å². The number of carboxylic acids is 2. The minimum absolute atomic E-state index is 0.219. The lowest BCUT2D eigenvalue weighted by Gasteiger charge is -2.22. The summed E-state index contributed by atoms with van der Waals surface area (Å²) in [4.78, 5) is 46.3. The Labute approximate surface area is 237 Å². The summed E-state index contributed by atoms with van der Waals surface area (Å²) in [5.41, 5.74) is 1.45. The second kappa shape index (κ2) is 17.8. The SMILES string of the molecule is CC(C)Cc1ccc(C(=O)[O-])c(C(=O)[O-])c1CC(C)C.CCCCOC(=O)c1ccccc1C(=O)OCCCC. The highest BCUT2D eigenvalue weighted by Gasteiger charge is 2.19. The van der Waals surface area contributed by atoms with Crippen molar-refractivity contribution in [3.05, 3.63) is 69.8 Å². The molecule has 2 aromatic carbocycles. The van der Waals surface area contributed by atoms with Crippen molar-refractivity contribution < 1.29 is 38.9 Å². The van der Waals surface area contributed by atoms with Gasteiger partial charge in [-0.25, -0.2) is 9.59 Å². The van der Waals surface area contributed by atoms with Gasteiger partial charge in [-0.15, -0.1) is 0 Å². The lowest BCUT2D eigenvalue weighted by Crippen LogP contribution is -2.32. The molecule has 40 heavy (non-hydrogen) atoms. The van der Waals surface area contributed by atoms with Gasteiger partial charge in [0.2, 0.25) is 0 Å². The van der Waals surface area contributed by atoms with Crippen LogP contribution in [0.4, 0.5) is 0 Å². The molecule has 0 saturated heterocycles. The van der Waals surface area contributed by atoms with Crippen LogP contribution < -0.4 is 10.2 Å². The summed E-state index contributed by atoms with van der Waals surface area (Å²) in [5.74, 6) is -3.31. The Morgan fingerprint density at radius 2 is 1.15 bits per heavy atom. The normalized spacial score (nSPS) is 10.6. The zero-order valence-corrected chi connectivity index (χ0v) is 24.5. The van der Waals surface area contributed by atoms with E-state index in [0.29, 0.717) is 37.5 Å². The number of ether oxygens (including phenoxy) is 2. The molecule has 8 nitrogen and oxygen atoms in total. The largest absolute Gasteiger partial charge is 0.545 e. The van der Waals surface area contributed by atoms with E-state index in [1.165, 1.54) is 6.07 Å². The molecular weight excluding hydrogens is 512 g/mol. The van der Waals surface area contributed by atoms with Crippen LogP contribution in [0.3, 0.4) is 0 Å². The molecule has 0 saturated carbocycles. The molecule has 0 aromatic heterocycles. The van der Waals surface area contributed by atoms with Crippen molar-refractivity contribution in [2.45, 2.75) is 80.1 Å². The van der Waals surface area contributed by atoms with Crippen molar-refractivity contribution in [2.24, 2.45) is 11.8 Å². The van der Waals surface area contributed by atoms with Gasteiger partial charge >= 0.3 is 11.9 Å². The van der Waals surface area contributed by atoms with E-state index in [1.54, 1.807) is 30.3 Å². The number of hydrogen-bond donors (Lipinski definition) is 0. The van der Waals surface area contributed by atoms with Gasteiger partial charge in [0.1, 0.15) is 0 Å². The van der Waals surface area contributed by atoms with Crippen LogP contribution in [-0.2, 0) is 22.3 Å². The molecule has 2 aromatic rings. The van der Waals surface area contributed by atoms with Crippen molar-refractivity contribution in [3.8, 4) is 0 Å². The van der Waals surface area contributed by atoms with Crippen LogP contribution in [0, 0.1) is 11.8 Å². The molecule has 0 unspecified atom stereocenters. The number of unbranched alkanes of at least 4 members (excludes halogenated alkanes) is 2. The number of hydrogen-bond acceptors (Lipinski definition) is 8. The first-order valence-corrected chi connectivity index (χ1v) is 13.9. The van der Waals surface area contributed by atoms with Crippen molar-refractivity contribution in [3.63, 3.8) is 0 Å². The molecule has 0 aliphatic rings. The number of benzene rings is 2. The molecule has 0 fully saturated rings. The molecule has 0 aliphatic carbocycles. The molecule has 2 rings (SSSR count). The van der Waals surface area contributed by atoms with Gasteiger partial charge in [-0.1, -0.05) is 78.6 Å². The van der Waals surface area contributed by atoms with Crippen LogP contribution in [0.2, 0.25) is 0 Å². The van der Waals surface area contributed by atoms with E-state index in [0.717, 1.165) is 31.2 Å². The third kappa shape index (κ3) is 11.2. The second-order valence-corrected chi connectivity index (χ2v) is 10.4. The molecule has 8 heteroatoms. The molecule has 0 N–H and O–H groups in total. The lowest BCUT2D eigenvalue weighted by atomic mass is 9.87. The van der Waals surface area contributed by atoms with E-state index < -0.39 is 23.9 Å². The zero-order chi connectivity index (χ0) is 30.2. The van der Waals surface area contributed by atoms with Gasteiger partial charge in [-0.2, -0.15) is 0 Å². The smallest absolute Gasteiger partial charge is 0.339 e. The standard InChI is InChI=1S/2C16H22O4/c1-9(2)7-11-5-6-12(15(17)18)14(16(19)20)13(11)8-10(3)4;1-3-5-11-19-15(17)13-9-7-8-10-14(13)16(18)20-12-6-4-2/h5-6,9-10H,7-8H2,1-4H3,(H,17,18)(H,19,20);7-10H,3-6,11-12H2,1-2H3/p-2. The fourth-order valence-corrected chi connectivity index (χ4v) is 3.98. The van der Waals surface area contributed by atoms with Crippen molar-refractivity contribution >= 4 is 23.9 Å². The fourth-order valence-electron chi connectivity index (χ4n) is 3.98. The Morgan fingerprint density at radius 1 is 0.675 bits per heavy atom. The molecule has 0 bridgehead atoms. The van der Waals surface area contributed by atoms with Crippen LogP contribution in [0.25, 0.3) is 0 Å². The molecule has 220 valence electrons. The number of esters is 2. The molecule has 0 spiro atoms. The maximum Gasteiger partial charge on any atom is 0.339 e. The quantitative estimate of drug-likeness (QED) is 0.248. The Balaban J connectivity index is 0.000000400. The Morgan fingerprint density at radius 3 is 1.52 bits per heavy atom. The highest BCUT2D eigenvalue weighted by Crippen LogP contribution is 2.24. The van der Waals surface area contributed by atoms with Crippen LogP contribution >= 0.6 is 0 Å². The van der Waals surface area contributed by atoms with E-state index in [2.05, 4.69) is 0 Å². The summed E-state index contributed by atoms with van der Waals surface area (Å²) in [6.45, 7) is 12.8. The van der Waals surface area contributed by atoms with Crippen molar-refractivity contribution in [1.82, 2.24) is 0 Å². The highest BCUT2D eigenvalue weighted by atomic mass is 16.5. The van der Waals surface area contributed by atoms with E-state index >= 15 is 0 Å². The third-order valence-corrected chi connectivity index (χ3v) is 5.90. The number of rotatable bonds is 14. The van der Waals surface area contributed by atoms with E-state index in [9.17, 15) is 29.4 Å². The summed E-state index contributed by atoms with van der Waals surface area (Å²) in [6.07, 6.45) is 4.74. The van der Waals surface area contributed by atoms with Crippen LogP contribution in [0.5, 0.6) is 0 Å². The molecule has 0 aliphatic heterocycles. The molecular formula is C32H42O8-2. The van der Waals surface area contributed by atoms with Gasteiger partial charge in [0, 0.05) is 11.1 Å². The van der Waals surface area contributed by atoms with Gasteiger partial charge < -0.3 is 29.3 Å². The van der Waals surface area contributed by atoms with Gasteiger partial charge in [0.05, 0.1) is 36.3 Å². The molecule has 0 radical (unpaired) electrons. The minimum atomic E-state index is -1.48. The Bertz CT molecular complexity index is 1090. The number of carboxylic acid groups (broad SMARTS) is 2. The summed E-state index contributed by atoms with van der Waals surface area (Å²) < 4.78 is 10.3. The lowest BCUT2D eigenvalue weighted by molar-refractivity contribution is -0.259. The maximum absolute atomic E-state index is 11.9.